The smallest absolute Gasteiger partial charge is 0.303 e. The normalized spacial score (nSPS) is 13.2. The fraction of sp³-hybridized carbons (Fsp3) is 0.636. The first-order valence-electron chi connectivity index (χ1n) is 5.36. The maximum atomic E-state index is 12.4. The molecule has 0 unspecified atom stereocenters. The number of hydrogen-bond acceptors (Lipinski definition) is 4. The molecule has 0 aromatic carbocycles. The Morgan fingerprint density at radius 2 is 1.72 bits per heavy atom. The van der Waals surface area contributed by atoms with Crippen LogP contribution < -0.4 is 5.32 Å². The van der Waals surface area contributed by atoms with Gasteiger partial charge in [0.2, 0.25) is 6.08 Å². The highest BCUT2D eigenvalue weighted by atomic mass is 19.4. The Morgan fingerprint density at radius 3 is 2.00 bits per heavy atom. The molecule has 0 saturated carbocycles. The molecule has 0 aliphatic carbocycles. The van der Waals surface area contributed by atoms with Gasteiger partial charge in [-0.15, -0.1) is 0 Å². The lowest BCUT2D eigenvalue weighted by Gasteiger charge is -2.20. The molecular formula is C11H16F3N3O. The summed E-state index contributed by atoms with van der Waals surface area (Å²) in [4.78, 5) is 13.5. The predicted octanol–water partition coefficient (Wildman–Crippen LogP) is 2.97. The van der Waals surface area contributed by atoms with E-state index in [0.717, 1.165) is 0 Å². The van der Waals surface area contributed by atoms with E-state index in [1.54, 1.807) is 13.8 Å². The molecule has 0 aromatic heterocycles. The van der Waals surface area contributed by atoms with E-state index in [9.17, 15) is 18.0 Å². The highest BCUT2D eigenvalue weighted by molar-refractivity contribution is 6.00. The van der Waals surface area contributed by atoms with Crippen molar-refractivity contribution < 1.29 is 18.0 Å². The molecule has 7 heteroatoms. The van der Waals surface area contributed by atoms with Gasteiger partial charge in [-0.2, -0.15) is 18.2 Å². The summed E-state index contributed by atoms with van der Waals surface area (Å²) < 4.78 is 37.1. The van der Waals surface area contributed by atoms with E-state index in [-0.39, 0.29) is 23.0 Å². The minimum atomic E-state index is -4.64. The molecule has 0 radical (unpaired) electrons. The predicted molar refractivity (Wildman–Crippen MR) is 61.7 cm³/mol. The second-order valence-corrected chi connectivity index (χ2v) is 4.31. The molecule has 0 aliphatic heterocycles. The van der Waals surface area contributed by atoms with Crippen molar-refractivity contribution in [1.29, 1.82) is 5.41 Å². The molecule has 4 nitrogen and oxygen atoms in total. The summed E-state index contributed by atoms with van der Waals surface area (Å²) in [6.45, 7) is 6.30. The van der Waals surface area contributed by atoms with Gasteiger partial charge >= 0.3 is 6.30 Å². The third-order valence-electron chi connectivity index (χ3n) is 2.10. The lowest BCUT2D eigenvalue weighted by molar-refractivity contribution is -0.151. The van der Waals surface area contributed by atoms with E-state index >= 15 is 0 Å². The van der Waals surface area contributed by atoms with Crippen molar-refractivity contribution in [2.45, 2.75) is 34.0 Å². The van der Waals surface area contributed by atoms with Gasteiger partial charge in [-0.1, -0.05) is 27.7 Å². The van der Waals surface area contributed by atoms with Crippen molar-refractivity contribution in [3.05, 3.63) is 11.4 Å². The summed E-state index contributed by atoms with van der Waals surface area (Å²) >= 11 is 0. The number of carbonyl (C=O) groups excluding carboxylic acids is 1. The van der Waals surface area contributed by atoms with Crippen LogP contribution >= 0.6 is 0 Å². The van der Waals surface area contributed by atoms with Crippen LogP contribution in [0.5, 0.6) is 0 Å². The van der Waals surface area contributed by atoms with Crippen LogP contribution in [-0.4, -0.2) is 18.1 Å². The number of aliphatic imine (C=N–C) groups is 1. The topological polar surface area (TPSA) is 65.3 Å². The molecule has 0 spiro atoms. The fourth-order valence-corrected chi connectivity index (χ4v) is 1.21. The Labute approximate surface area is 103 Å². The summed E-state index contributed by atoms with van der Waals surface area (Å²) in [5, 5.41) is 9.04. The van der Waals surface area contributed by atoms with E-state index in [4.69, 9.17) is 5.41 Å². The van der Waals surface area contributed by atoms with Crippen LogP contribution in [0.1, 0.15) is 27.7 Å². The van der Waals surface area contributed by atoms with Gasteiger partial charge in [-0.05, 0) is 11.8 Å². The van der Waals surface area contributed by atoms with E-state index in [0.29, 0.717) is 0 Å². The van der Waals surface area contributed by atoms with E-state index in [2.05, 4.69) is 4.99 Å². The van der Waals surface area contributed by atoms with Crippen molar-refractivity contribution in [3.63, 3.8) is 0 Å². The van der Waals surface area contributed by atoms with Crippen LogP contribution in [0.25, 0.3) is 0 Å². The monoisotopic (exact) mass is 263 g/mol. The van der Waals surface area contributed by atoms with Crippen molar-refractivity contribution in [2.24, 2.45) is 16.8 Å². The van der Waals surface area contributed by atoms with Crippen molar-refractivity contribution in [2.75, 3.05) is 0 Å². The Hall–Kier alpha value is -1.62. The number of allylic oxidation sites excluding steroid dienone is 2. The molecule has 0 fully saturated rings. The van der Waals surface area contributed by atoms with Crippen LogP contribution in [0, 0.1) is 17.2 Å². The molecule has 102 valence electrons. The van der Waals surface area contributed by atoms with Crippen molar-refractivity contribution in [1.82, 2.24) is 5.32 Å². The number of nitrogens with zero attached hydrogens (tertiary/aromatic N) is 1. The standard InChI is InChI=1S/C11H16F3N3O/c1-6(2)8(15)10(16-5-18)9(7(3)4)17-11(12,13)14/h6-7,15,17H,1-4H3/b10-9+,15-8?. The number of isocyanates is 1. The first kappa shape index (κ1) is 16.4. The molecule has 0 atom stereocenters. The Balaban J connectivity index is 5.73. The summed E-state index contributed by atoms with van der Waals surface area (Å²) in [6, 6.07) is 0. The van der Waals surface area contributed by atoms with Gasteiger partial charge in [-0.25, -0.2) is 4.79 Å². The minimum absolute atomic E-state index is 0.140. The average molecular weight is 263 g/mol. The molecule has 0 aromatic rings. The summed E-state index contributed by atoms with van der Waals surface area (Å²) in [7, 11) is 0. The quantitative estimate of drug-likeness (QED) is 0.455. The van der Waals surface area contributed by atoms with E-state index < -0.39 is 12.2 Å². The average Bonchev–Trinajstić information content (AvgIpc) is 2.20. The first-order chi connectivity index (χ1) is 8.10. The summed E-state index contributed by atoms with van der Waals surface area (Å²) in [6.07, 6.45) is -3.44. The van der Waals surface area contributed by atoms with Crippen LogP contribution in [-0.2, 0) is 4.79 Å². The van der Waals surface area contributed by atoms with Gasteiger partial charge in [0.05, 0.1) is 5.71 Å². The van der Waals surface area contributed by atoms with Crippen molar-refractivity contribution in [3.8, 4) is 0 Å². The molecule has 2 N–H and O–H groups in total. The zero-order chi connectivity index (χ0) is 14.5. The Bertz CT molecular complexity index is 391. The summed E-state index contributed by atoms with van der Waals surface area (Å²) in [5.74, 6) is -0.904. The van der Waals surface area contributed by atoms with E-state index in [1.165, 1.54) is 25.2 Å². The maximum Gasteiger partial charge on any atom is 0.482 e. The minimum Gasteiger partial charge on any atom is -0.303 e. The van der Waals surface area contributed by atoms with Crippen LogP contribution in [0.4, 0.5) is 13.2 Å². The second-order valence-electron chi connectivity index (χ2n) is 4.31. The van der Waals surface area contributed by atoms with Gasteiger partial charge in [0, 0.05) is 5.70 Å². The van der Waals surface area contributed by atoms with Crippen molar-refractivity contribution >= 4 is 11.8 Å². The van der Waals surface area contributed by atoms with Gasteiger partial charge in [-0.3, -0.25) is 5.32 Å². The number of alkyl halides is 3. The fourth-order valence-electron chi connectivity index (χ4n) is 1.21. The summed E-state index contributed by atoms with van der Waals surface area (Å²) in [5.41, 5.74) is -0.740. The Kier molecular flexibility index (Phi) is 5.78. The Morgan fingerprint density at radius 1 is 1.22 bits per heavy atom. The molecule has 0 aliphatic rings. The van der Waals surface area contributed by atoms with E-state index in [1.807, 2.05) is 0 Å². The molecular weight excluding hydrogens is 247 g/mol. The number of halogens is 3. The molecule has 18 heavy (non-hydrogen) atoms. The van der Waals surface area contributed by atoms with Crippen LogP contribution in [0.2, 0.25) is 0 Å². The highest BCUT2D eigenvalue weighted by Crippen LogP contribution is 2.22. The highest BCUT2D eigenvalue weighted by Gasteiger charge is 2.31. The van der Waals surface area contributed by atoms with Gasteiger partial charge in [0.15, 0.2) is 0 Å². The largest absolute Gasteiger partial charge is 0.482 e. The number of nitrogens with one attached hydrogen (secondary N) is 2. The number of rotatable bonds is 5. The lowest BCUT2D eigenvalue weighted by Crippen LogP contribution is -2.34. The zero-order valence-electron chi connectivity index (χ0n) is 10.6. The van der Waals surface area contributed by atoms with Gasteiger partial charge in [0.1, 0.15) is 5.70 Å². The molecule has 0 amide bonds. The molecule has 0 bridgehead atoms. The zero-order valence-corrected chi connectivity index (χ0v) is 10.6. The van der Waals surface area contributed by atoms with Gasteiger partial charge < -0.3 is 5.41 Å². The molecule has 0 rings (SSSR count). The van der Waals surface area contributed by atoms with Crippen LogP contribution in [0.15, 0.2) is 16.4 Å². The molecule has 0 heterocycles. The lowest BCUT2D eigenvalue weighted by atomic mass is 9.99. The first-order valence-corrected chi connectivity index (χ1v) is 5.36. The maximum absolute atomic E-state index is 12.4. The van der Waals surface area contributed by atoms with Gasteiger partial charge in [0.25, 0.3) is 0 Å². The SMILES string of the molecule is CC(C)C(=N)/C(N=C=O)=C(\NC(F)(F)F)C(C)C. The van der Waals surface area contributed by atoms with Crippen LogP contribution in [0.3, 0.4) is 0 Å². The molecule has 0 saturated heterocycles. The third-order valence-corrected chi connectivity index (χ3v) is 2.10. The second kappa shape index (κ2) is 6.35. The number of hydrogen-bond donors (Lipinski definition) is 2. The third kappa shape index (κ3) is 5.14.